The van der Waals surface area contributed by atoms with E-state index in [2.05, 4.69) is 21.4 Å². The highest BCUT2D eigenvalue weighted by Gasteiger charge is 2.18. The largest absolute Gasteiger partial charge is 0.341 e. The number of amides is 2. The molecule has 0 radical (unpaired) electrons. The van der Waals surface area contributed by atoms with Crippen LogP contribution in [0.15, 0.2) is 54.7 Å². The Bertz CT molecular complexity index is 1060. The molecular weight excluding hydrogens is 376 g/mol. The topological polar surface area (TPSA) is 76.0 Å². The maximum Gasteiger partial charge on any atom is 0.251 e. The molecule has 4 rings (SSSR count). The van der Waals surface area contributed by atoms with E-state index in [0.29, 0.717) is 11.3 Å². The van der Waals surface area contributed by atoms with E-state index in [-0.39, 0.29) is 11.8 Å². The summed E-state index contributed by atoms with van der Waals surface area (Å²) in [5.41, 5.74) is 4.10. The Labute approximate surface area is 176 Å². The van der Waals surface area contributed by atoms with E-state index >= 15 is 0 Å². The first-order valence-electron chi connectivity index (χ1n) is 10.3. The van der Waals surface area contributed by atoms with E-state index in [1.165, 1.54) is 12.8 Å². The number of carbonyl (C=O) groups excluding carboxylic acids is 2. The number of hydrogen-bond acceptors (Lipinski definition) is 3. The first-order valence-corrected chi connectivity index (χ1v) is 10.3. The first-order chi connectivity index (χ1) is 14.5. The molecule has 6 nitrogen and oxygen atoms in total. The maximum absolute atomic E-state index is 12.6. The zero-order valence-electron chi connectivity index (χ0n) is 17.3. The minimum atomic E-state index is -0.665. The highest BCUT2D eigenvalue weighted by atomic mass is 16.2. The summed E-state index contributed by atoms with van der Waals surface area (Å²) in [6, 6.07) is 14.3. The smallest absolute Gasteiger partial charge is 0.251 e. The summed E-state index contributed by atoms with van der Waals surface area (Å²) in [4.78, 5) is 29.8. The Morgan fingerprint density at radius 3 is 2.73 bits per heavy atom. The van der Waals surface area contributed by atoms with Crippen molar-refractivity contribution >= 4 is 17.5 Å². The van der Waals surface area contributed by atoms with Crippen LogP contribution in [0.1, 0.15) is 41.5 Å². The second-order valence-electron chi connectivity index (χ2n) is 7.83. The molecule has 2 amide bonds. The first kappa shape index (κ1) is 19.9. The number of aromatic nitrogens is 2. The third-order valence-corrected chi connectivity index (χ3v) is 5.36. The van der Waals surface area contributed by atoms with E-state index in [0.717, 1.165) is 35.6 Å². The van der Waals surface area contributed by atoms with Gasteiger partial charge >= 0.3 is 0 Å². The second-order valence-corrected chi connectivity index (χ2v) is 7.83. The number of aryl methyl sites for hydroxylation is 3. The van der Waals surface area contributed by atoms with Gasteiger partial charge in [-0.3, -0.25) is 9.59 Å². The molecule has 1 aliphatic rings. The molecule has 1 atom stereocenters. The summed E-state index contributed by atoms with van der Waals surface area (Å²) in [5, 5.41) is 5.65. The van der Waals surface area contributed by atoms with Gasteiger partial charge in [-0.2, -0.15) is 0 Å². The number of fused-ring (bicyclic) bond motifs is 1. The maximum atomic E-state index is 12.6. The zero-order chi connectivity index (χ0) is 21.1. The van der Waals surface area contributed by atoms with Crippen molar-refractivity contribution in [2.24, 2.45) is 0 Å². The molecule has 0 fully saturated rings. The van der Waals surface area contributed by atoms with Crippen molar-refractivity contribution < 1.29 is 9.59 Å². The third kappa shape index (κ3) is 4.43. The minimum absolute atomic E-state index is 0.265. The molecule has 0 saturated carbocycles. The number of benzene rings is 2. The lowest BCUT2D eigenvalue weighted by Crippen LogP contribution is -2.41. The minimum Gasteiger partial charge on any atom is -0.341 e. The van der Waals surface area contributed by atoms with Crippen molar-refractivity contribution in [3.05, 3.63) is 71.7 Å². The number of anilines is 1. The number of hydrogen-bond donors (Lipinski definition) is 2. The van der Waals surface area contributed by atoms with Crippen LogP contribution in [-0.4, -0.2) is 27.4 Å². The molecule has 0 saturated heterocycles. The lowest BCUT2D eigenvalue weighted by atomic mass is 10.1. The molecule has 6 heteroatoms. The summed E-state index contributed by atoms with van der Waals surface area (Å²) in [6.45, 7) is 4.61. The van der Waals surface area contributed by atoms with Crippen molar-refractivity contribution in [1.82, 2.24) is 14.9 Å². The summed E-state index contributed by atoms with van der Waals surface area (Å²) < 4.78 is 2.22. The van der Waals surface area contributed by atoms with Gasteiger partial charge < -0.3 is 15.2 Å². The number of imidazole rings is 1. The Balaban J connectivity index is 1.42. The van der Waals surface area contributed by atoms with Gasteiger partial charge in [0.05, 0.1) is 5.69 Å². The van der Waals surface area contributed by atoms with Crippen LogP contribution in [0, 0.1) is 6.92 Å². The monoisotopic (exact) mass is 402 g/mol. The van der Waals surface area contributed by atoms with Crippen molar-refractivity contribution in [1.29, 1.82) is 0 Å². The molecule has 1 aliphatic heterocycles. The number of carbonyl (C=O) groups is 2. The summed E-state index contributed by atoms with van der Waals surface area (Å²) in [7, 11) is 0. The van der Waals surface area contributed by atoms with Crippen LogP contribution in [0.4, 0.5) is 5.69 Å². The van der Waals surface area contributed by atoms with E-state index in [1.54, 1.807) is 19.1 Å². The van der Waals surface area contributed by atoms with Crippen LogP contribution in [0.3, 0.4) is 0 Å². The second kappa shape index (κ2) is 8.53. The quantitative estimate of drug-likeness (QED) is 0.678. The van der Waals surface area contributed by atoms with Crippen molar-refractivity contribution in [3.63, 3.8) is 0 Å². The van der Waals surface area contributed by atoms with Crippen LogP contribution < -0.4 is 10.6 Å². The average molecular weight is 402 g/mol. The zero-order valence-corrected chi connectivity index (χ0v) is 17.3. The fraction of sp³-hybridized carbons (Fsp3) is 0.292. The molecule has 0 spiro atoms. The number of nitrogens with zero attached hydrogens (tertiary/aromatic N) is 2. The fourth-order valence-corrected chi connectivity index (χ4v) is 3.69. The van der Waals surface area contributed by atoms with Crippen LogP contribution in [0.25, 0.3) is 11.3 Å². The van der Waals surface area contributed by atoms with Gasteiger partial charge in [0.25, 0.3) is 5.91 Å². The normalized spacial score (nSPS) is 13.9. The van der Waals surface area contributed by atoms with Gasteiger partial charge in [-0.25, -0.2) is 4.98 Å². The lowest BCUT2D eigenvalue weighted by molar-refractivity contribution is -0.117. The predicted molar refractivity (Wildman–Crippen MR) is 117 cm³/mol. The predicted octanol–water partition coefficient (Wildman–Crippen LogP) is 3.95. The van der Waals surface area contributed by atoms with Gasteiger partial charge in [-0.05, 0) is 51.0 Å². The highest BCUT2D eigenvalue weighted by Crippen LogP contribution is 2.25. The van der Waals surface area contributed by atoms with Gasteiger partial charge in [0, 0.05) is 36.0 Å². The Morgan fingerprint density at radius 1 is 1.10 bits per heavy atom. The molecule has 1 unspecified atom stereocenters. The van der Waals surface area contributed by atoms with Crippen LogP contribution >= 0.6 is 0 Å². The average Bonchev–Trinajstić information content (AvgIpc) is 3.18. The summed E-state index contributed by atoms with van der Waals surface area (Å²) in [6.07, 6.45) is 5.46. The van der Waals surface area contributed by atoms with Gasteiger partial charge in [-0.15, -0.1) is 0 Å². The standard InChI is InChI=1S/C24H26N4O2/c1-16-7-5-9-19(13-16)24(30)25-17(2)23(29)26-20-10-6-8-18(14-20)21-15-28-12-4-3-11-22(28)27-21/h5-10,13-15,17H,3-4,11-12H2,1-2H3,(H,25,30)(H,26,29). The van der Waals surface area contributed by atoms with Gasteiger partial charge in [0.15, 0.2) is 0 Å². The molecule has 154 valence electrons. The molecule has 0 bridgehead atoms. The Kier molecular flexibility index (Phi) is 5.65. The molecule has 30 heavy (non-hydrogen) atoms. The van der Waals surface area contributed by atoms with Crippen LogP contribution in [0.5, 0.6) is 0 Å². The lowest BCUT2D eigenvalue weighted by Gasteiger charge is -2.15. The molecule has 2 aromatic carbocycles. The Morgan fingerprint density at radius 2 is 1.93 bits per heavy atom. The van der Waals surface area contributed by atoms with E-state index in [1.807, 2.05) is 43.3 Å². The van der Waals surface area contributed by atoms with Crippen molar-refractivity contribution in [2.75, 3.05) is 5.32 Å². The van der Waals surface area contributed by atoms with Crippen molar-refractivity contribution in [3.8, 4) is 11.3 Å². The van der Waals surface area contributed by atoms with Crippen LogP contribution in [0.2, 0.25) is 0 Å². The molecule has 2 heterocycles. The summed E-state index contributed by atoms with van der Waals surface area (Å²) in [5.74, 6) is 0.592. The van der Waals surface area contributed by atoms with Gasteiger partial charge in [-0.1, -0.05) is 29.8 Å². The van der Waals surface area contributed by atoms with Gasteiger partial charge in [0.2, 0.25) is 5.91 Å². The van der Waals surface area contributed by atoms with E-state index in [4.69, 9.17) is 4.98 Å². The van der Waals surface area contributed by atoms with Gasteiger partial charge in [0.1, 0.15) is 11.9 Å². The molecule has 0 aliphatic carbocycles. The highest BCUT2D eigenvalue weighted by molar-refractivity contribution is 6.01. The SMILES string of the molecule is Cc1cccc(C(=O)NC(C)C(=O)Nc2cccc(-c3cn4c(n3)CCCC4)c2)c1. The van der Waals surface area contributed by atoms with E-state index < -0.39 is 6.04 Å². The summed E-state index contributed by atoms with van der Waals surface area (Å²) >= 11 is 0. The Hall–Kier alpha value is -3.41. The molecule has 3 aromatic rings. The molecule has 1 aromatic heterocycles. The van der Waals surface area contributed by atoms with Crippen LogP contribution in [-0.2, 0) is 17.8 Å². The number of nitrogens with one attached hydrogen (secondary N) is 2. The van der Waals surface area contributed by atoms with Crippen molar-refractivity contribution in [2.45, 2.75) is 45.7 Å². The molecule has 2 N–H and O–H groups in total. The van der Waals surface area contributed by atoms with E-state index in [9.17, 15) is 9.59 Å². The molecular formula is C24H26N4O2. The number of rotatable bonds is 5. The third-order valence-electron chi connectivity index (χ3n) is 5.36. The fourth-order valence-electron chi connectivity index (χ4n) is 3.69.